The van der Waals surface area contributed by atoms with E-state index in [2.05, 4.69) is 11.9 Å². The van der Waals surface area contributed by atoms with Gasteiger partial charge in [0, 0.05) is 25.1 Å². The maximum absolute atomic E-state index is 13.2. The normalized spacial score (nSPS) is 18.3. The van der Waals surface area contributed by atoms with Gasteiger partial charge in [0.2, 0.25) is 5.91 Å². The highest BCUT2D eigenvalue weighted by molar-refractivity contribution is 5.79. The smallest absolute Gasteiger partial charge is 0.251 e. The molecule has 1 fully saturated rings. The molecule has 0 aliphatic carbocycles. The lowest BCUT2D eigenvalue weighted by Gasteiger charge is -2.31. The van der Waals surface area contributed by atoms with E-state index < -0.39 is 0 Å². The number of aromatic amines is 1. The lowest BCUT2D eigenvalue weighted by Crippen LogP contribution is -2.39. The molecule has 1 amide bonds. The fourth-order valence-corrected chi connectivity index (χ4v) is 3.22. The van der Waals surface area contributed by atoms with Crippen molar-refractivity contribution in [3.63, 3.8) is 0 Å². The summed E-state index contributed by atoms with van der Waals surface area (Å²) in [5.41, 5.74) is 0.806. The summed E-state index contributed by atoms with van der Waals surface area (Å²) in [5, 5.41) is 0.778. The van der Waals surface area contributed by atoms with Crippen LogP contribution in [0.4, 0.5) is 4.39 Å². The number of fused-ring (bicyclic) bond motifs is 1. The summed E-state index contributed by atoms with van der Waals surface area (Å²) < 4.78 is 13.2. The molecule has 1 atom stereocenters. The molecule has 1 saturated heterocycles. The Labute approximate surface area is 134 Å². The lowest BCUT2D eigenvalue weighted by molar-refractivity contribution is -0.132. The van der Waals surface area contributed by atoms with E-state index >= 15 is 0 Å². The number of piperidine rings is 1. The van der Waals surface area contributed by atoms with E-state index in [9.17, 15) is 14.0 Å². The Kier molecular flexibility index (Phi) is 4.46. The number of nitrogens with one attached hydrogen (secondary N) is 1. The Morgan fingerprint density at radius 2 is 2.22 bits per heavy atom. The van der Waals surface area contributed by atoms with Gasteiger partial charge in [-0.1, -0.05) is 6.92 Å². The Morgan fingerprint density at radius 3 is 3.00 bits per heavy atom. The standard InChI is InChI=1S/C18H21FN2O2/c1-12-3-2-8-21(11-12)17(22)7-5-14-9-13-4-6-15(19)10-16(13)20-18(14)23/h4,6,9-10,12H,2-3,5,7-8,11H2,1H3,(H,20,23). The molecule has 23 heavy (non-hydrogen) atoms. The van der Waals surface area contributed by atoms with Gasteiger partial charge in [0.05, 0.1) is 5.52 Å². The number of rotatable bonds is 3. The number of nitrogens with zero attached hydrogens (tertiary/aromatic N) is 1. The van der Waals surface area contributed by atoms with Gasteiger partial charge < -0.3 is 9.88 Å². The molecule has 0 spiro atoms. The third kappa shape index (κ3) is 3.60. The van der Waals surface area contributed by atoms with Crippen molar-refractivity contribution in [3.8, 4) is 0 Å². The van der Waals surface area contributed by atoms with Crippen LogP contribution in [-0.4, -0.2) is 28.9 Å². The van der Waals surface area contributed by atoms with Gasteiger partial charge in [-0.2, -0.15) is 0 Å². The second kappa shape index (κ2) is 6.52. The molecule has 1 aliphatic rings. The van der Waals surface area contributed by atoms with Crippen LogP contribution in [0.15, 0.2) is 29.1 Å². The van der Waals surface area contributed by atoms with Crippen molar-refractivity contribution in [1.29, 1.82) is 0 Å². The third-order valence-corrected chi connectivity index (χ3v) is 4.50. The fraction of sp³-hybridized carbons (Fsp3) is 0.444. The predicted molar refractivity (Wildman–Crippen MR) is 87.8 cm³/mol. The summed E-state index contributed by atoms with van der Waals surface area (Å²) in [5.74, 6) is 0.275. The predicted octanol–water partition coefficient (Wildman–Crippen LogP) is 2.86. The van der Waals surface area contributed by atoms with Crippen LogP contribution in [0.1, 0.15) is 31.7 Å². The van der Waals surface area contributed by atoms with E-state index in [0.29, 0.717) is 29.8 Å². The number of carbonyl (C=O) groups excluding carboxylic acids is 1. The minimum Gasteiger partial charge on any atom is -0.342 e. The molecule has 0 radical (unpaired) electrons. The zero-order valence-electron chi connectivity index (χ0n) is 13.3. The molecule has 1 aromatic carbocycles. The van der Waals surface area contributed by atoms with Gasteiger partial charge in [-0.15, -0.1) is 0 Å². The number of aromatic nitrogens is 1. The van der Waals surface area contributed by atoms with Crippen molar-refractivity contribution >= 4 is 16.8 Å². The number of amides is 1. The molecule has 5 heteroatoms. The zero-order chi connectivity index (χ0) is 16.4. The minimum atomic E-state index is -0.379. The molecular formula is C18H21FN2O2. The summed E-state index contributed by atoms with van der Waals surface area (Å²) in [6.45, 7) is 3.79. The van der Waals surface area contributed by atoms with Crippen molar-refractivity contribution < 1.29 is 9.18 Å². The van der Waals surface area contributed by atoms with Gasteiger partial charge >= 0.3 is 0 Å². The Hall–Kier alpha value is -2.17. The van der Waals surface area contributed by atoms with Gasteiger partial charge in [0.15, 0.2) is 0 Å². The monoisotopic (exact) mass is 316 g/mol. The van der Waals surface area contributed by atoms with Gasteiger partial charge in [-0.25, -0.2) is 4.39 Å². The Morgan fingerprint density at radius 1 is 1.39 bits per heavy atom. The van der Waals surface area contributed by atoms with E-state index in [0.717, 1.165) is 24.9 Å². The Bertz CT molecular complexity index is 784. The summed E-state index contributed by atoms with van der Waals surface area (Å²) in [6, 6.07) is 6.06. The number of likely N-dealkylation sites (tertiary alicyclic amines) is 1. The first-order valence-electron chi connectivity index (χ1n) is 8.12. The van der Waals surface area contributed by atoms with Crippen molar-refractivity contribution in [2.75, 3.05) is 13.1 Å². The summed E-state index contributed by atoms with van der Waals surface area (Å²) in [4.78, 5) is 29.0. The lowest BCUT2D eigenvalue weighted by atomic mass is 9.99. The van der Waals surface area contributed by atoms with Crippen LogP contribution in [0.5, 0.6) is 0 Å². The number of pyridine rings is 1. The number of hydrogen-bond acceptors (Lipinski definition) is 2. The van der Waals surface area contributed by atoms with Crippen LogP contribution < -0.4 is 5.56 Å². The van der Waals surface area contributed by atoms with E-state index in [4.69, 9.17) is 0 Å². The summed E-state index contributed by atoms with van der Waals surface area (Å²) in [6.07, 6.45) is 2.97. The highest BCUT2D eigenvalue weighted by Gasteiger charge is 2.20. The van der Waals surface area contributed by atoms with Crippen LogP contribution in [0, 0.1) is 11.7 Å². The van der Waals surface area contributed by atoms with Crippen LogP contribution >= 0.6 is 0 Å². The molecule has 0 bridgehead atoms. The van der Waals surface area contributed by atoms with Crippen LogP contribution in [0.3, 0.4) is 0 Å². The molecule has 2 aromatic rings. The molecule has 4 nitrogen and oxygen atoms in total. The van der Waals surface area contributed by atoms with Crippen molar-refractivity contribution in [2.24, 2.45) is 5.92 Å². The molecule has 2 heterocycles. The maximum atomic E-state index is 13.2. The van der Waals surface area contributed by atoms with Crippen LogP contribution in [-0.2, 0) is 11.2 Å². The van der Waals surface area contributed by atoms with Crippen molar-refractivity contribution in [1.82, 2.24) is 9.88 Å². The average molecular weight is 316 g/mol. The number of aryl methyl sites for hydroxylation is 1. The van der Waals surface area contributed by atoms with Crippen molar-refractivity contribution in [3.05, 3.63) is 46.0 Å². The van der Waals surface area contributed by atoms with Gasteiger partial charge in [0.25, 0.3) is 5.56 Å². The molecule has 122 valence electrons. The molecule has 0 saturated carbocycles. The van der Waals surface area contributed by atoms with E-state index in [1.54, 1.807) is 12.1 Å². The molecule has 1 unspecified atom stereocenters. The van der Waals surface area contributed by atoms with E-state index in [1.165, 1.54) is 18.6 Å². The summed E-state index contributed by atoms with van der Waals surface area (Å²) in [7, 11) is 0. The number of halogens is 1. The van der Waals surface area contributed by atoms with Gasteiger partial charge in [0.1, 0.15) is 5.82 Å². The first kappa shape index (κ1) is 15.7. The fourth-order valence-electron chi connectivity index (χ4n) is 3.22. The SMILES string of the molecule is CC1CCCN(C(=O)CCc2cc3ccc(F)cc3[nH]c2=O)C1. The van der Waals surface area contributed by atoms with E-state index in [1.807, 2.05) is 4.90 Å². The van der Waals surface area contributed by atoms with E-state index in [-0.39, 0.29) is 17.3 Å². The van der Waals surface area contributed by atoms with Crippen molar-refractivity contribution in [2.45, 2.75) is 32.6 Å². The van der Waals surface area contributed by atoms with Crippen LogP contribution in [0.25, 0.3) is 10.9 Å². The van der Waals surface area contributed by atoms with Gasteiger partial charge in [-0.3, -0.25) is 9.59 Å². The molecule has 1 aromatic heterocycles. The highest BCUT2D eigenvalue weighted by atomic mass is 19.1. The summed E-state index contributed by atoms with van der Waals surface area (Å²) >= 11 is 0. The first-order valence-corrected chi connectivity index (χ1v) is 8.12. The van der Waals surface area contributed by atoms with Crippen LogP contribution in [0.2, 0.25) is 0 Å². The number of benzene rings is 1. The minimum absolute atomic E-state index is 0.107. The molecule has 1 aliphatic heterocycles. The molecule has 1 N–H and O–H groups in total. The average Bonchev–Trinajstić information content (AvgIpc) is 2.52. The second-order valence-corrected chi connectivity index (χ2v) is 6.44. The number of hydrogen-bond donors (Lipinski definition) is 1. The molecule has 3 rings (SSSR count). The van der Waals surface area contributed by atoms with Gasteiger partial charge in [-0.05, 0) is 54.8 Å². The zero-order valence-corrected chi connectivity index (χ0v) is 13.3. The Balaban J connectivity index is 1.71. The molecular weight excluding hydrogens is 295 g/mol. The quantitative estimate of drug-likeness (QED) is 0.946. The first-order chi connectivity index (χ1) is 11.0. The number of carbonyl (C=O) groups is 1. The second-order valence-electron chi connectivity index (χ2n) is 6.44. The third-order valence-electron chi connectivity index (χ3n) is 4.50. The largest absolute Gasteiger partial charge is 0.342 e. The maximum Gasteiger partial charge on any atom is 0.251 e. The number of H-pyrrole nitrogens is 1. The highest BCUT2D eigenvalue weighted by Crippen LogP contribution is 2.17. The topological polar surface area (TPSA) is 53.2 Å².